The first-order valence-corrected chi connectivity index (χ1v) is 5.55. The van der Waals surface area contributed by atoms with Crippen molar-refractivity contribution in [3.63, 3.8) is 0 Å². The van der Waals surface area contributed by atoms with E-state index in [1.807, 2.05) is 0 Å². The van der Waals surface area contributed by atoms with Crippen LogP contribution in [0.1, 0.15) is 31.1 Å². The normalized spacial score (nSPS) is 11.5. The van der Waals surface area contributed by atoms with Crippen molar-refractivity contribution in [1.29, 1.82) is 0 Å². The predicted molar refractivity (Wildman–Crippen MR) is 59.5 cm³/mol. The highest BCUT2D eigenvalue weighted by Crippen LogP contribution is 2.32. The van der Waals surface area contributed by atoms with Crippen LogP contribution in [0, 0.1) is 0 Å². The molecule has 0 unspecified atom stereocenters. The van der Waals surface area contributed by atoms with Crippen molar-refractivity contribution < 1.29 is 9.53 Å². The highest BCUT2D eigenvalue weighted by molar-refractivity contribution is 7.20. The van der Waals surface area contributed by atoms with Gasteiger partial charge >= 0.3 is 5.97 Å². The molecule has 0 aliphatic rings. The third kappa shape index (κ3) is 3.15. The van der Waals surface area contributed by atoms with E-state index in [4.69, 9.17) is 27.9 Å². The predicted octanol–water partition coefficient (Wildman–Crippen LogP) is 4.01. The van der Waals surface area contributed by atoms with Gasteiger partial charge in [0.1, 0.15) is 9.94 Å². The van der Waals surface area contributed by atoms with Crippen molar-refractivity contribution in [1.82, 2.24) is 0 Å². The Bertz CT molecular complexity index is 352. The standard InChI is InChI=1S/C9H10Cl2O2S/c1-9(2,3)13-8(12)5-4-6(10)14-7(5)11/h4H,1-3H3. The van der Waals surface area contributed by atoms with Gasteiger partial charge < -0.3 is 4.74 Å². The summed E-state index contributed by atoms with van der Waals surface area (Å²) in [6.07, 6.45) is 0. The molecule has 0 N–H and O–H groups in total. The van der Waals surface area contributed by atoms with Crippen molar-refractivity contribution in [3.05, 3.63) is 20.3 Å². The number of ether oxygens (including phenoxy) is 1. The molecular weight excluding hydrogens is 243 g/mol. The molecule has 1 rings (SSSR count). The largest absolute Gasteiger partial charge is 0.456 e. The molecule has 1 heterocycles. The van der Waals surface area contributed by atoms with Crippen LogP contribution in [0.15, 0.2) is 6.07 Å². The molecule has 14 heavy (non-hydrogen) atoms. The molecule has 0 fully saturated rings. The first-order chi connectivity index (χ1) is 6.29. The Balaban J connectivity index is 2.85. The Labute approximate surface area is 96.8 Å². The third-order valence-electron chi connectivity index (χ3n) is 1.28. The van der Waals surface area contributed by atoms with Crippen LogP contribution in [0.25, 0.3) is 0 Å². The molecule has 5 heteroatoms. The molecule has 2 nitrogen and oxygen atoms in total. The fourth-order valence-corrected chi connectivity index (χ4v) is 2.25. The van der Waals surface area contributed by atoms with Gasteiger partial charge in [0.05, 0.1) is 9.90 Å². The summed E-state index contributed by atoms with van der Waals surface area (Å²) in [7, 11) is 0. The van der Waals surface area contributed by atoms with Gasteiger partial charge in [-0.2, -0.15) is 0 Å². The van der Waals surface area contributed by atoms with Crippen LogP contribution in [0.5, 0.6) is 0 Å². The zero-order chi connectivity index (χ0) is 10.9. The second-order valence-corrected chi connectivity index (χ2v) is 6.03. The van der Waals surface area contributed by atoms with E-state index in [0.29, 0.717) is 14.2 Å². The second-order valence-electron chi connectivity index (χ2n) is 3.74. The lowest BCUT2D eigenvalue weighted by Gasteiger charge is -2.18. The maximum Gasteiger partial charge on any atom is 0.341 e. The van der Waals surface area contributed by atoms with Crippen LogP contribution in [0.4, 0.5) is 0 Å². The molecule has 78 valence electrons. The van der Waals surface area contributed by atoms with E-state index in [0.717, 1.165) is 11.3 Å². The first-order valence-electron chi connectivity index (χ1n) is 3.98. The van der Waals surface area contributed by atoms with Gasteiger partial charge in [0, 0.05) is 0 Å². The molecule has 0 radical (unpaired) electrons. The van der Waals surface area contributed by atoms with Crippen LogP contribution in [0.2, 0.25) is 8.67 Å². The zero-order valence-electron chi connectivity index (χ0n) is 8.06. The Morgan fingerprint density at radius 2 is 2.00 bits per heavy atom. The minimum Gasteiger partial charge on any atom is -0.456 e. The van der Waals surface area contributed by atoms with Crippen molar-refractivity contribution in [2.45, 2.75) is 26.4 Å². The average molecular weight is 253 g/mol. The highest BCUT2D eigenvalue weighted by atomic mass is 35.5. The number of hydrogen-bond acceptors (Lipinski definition) is 3. The summed E-state index contributed by atoms with van der Waals surface area (Å²) in [5, 5.41) is 0. The molecular formula is C9H10Cl2O2S. The second kappa shape index (κ2) is 4.09. The van der Waals surface area contributed by atoms with Gasteiger partial charge in [-0.05, 0) is 26.8 Å². The Morgan fingerprint density at radius 3 is 2.36 bits per heavy atom. The van der Waals surface area contributed by atoms with Gasteiger partial charge in [0.15, 0.2) is 0 Å². The lowest BCUT2D eigenvalue weighted by atomic mass is 10.2. The maximum atomic E-state index is 11.5. The van der Waals surface area contributed by atoms with Gasteiger partial charge in [0.25, 0.3) is 0 Å². The van der Waals surface area contributed by atoms with Crippen LogP contribution in [-0.2, 0) is 4.74 Å². The van der Waals surface area contributed by atoms with Crippen molar-refractivity contribution in [2.24, 2.45) is 0 Å². The Hall–Kier alpha value is -0.250. The number of rotatable bonds is 1. The van der Waals surface area contributed by atoms with Crippen LogP contribution in [-0.4, -0.2) is 11.6 Å². The van der Waals surface area contributed by atoms with Gasteiger partial charge in [0.2, 0.25) is 0 Å². The summed E-state index contributed by atoms with van der Waals surface area (Å²) >= 11 is 12.7. The monoisotopic (exact) mass is 252 g/mol. The van der Waals surface area contributed by atoms with E-state index in [1.54, 1.807) is 20.8 Å². The topological polar surface area (TPSA) is 26.3 Å². The Kier molecular flexibility index (Phi) is 3.45. The van der Waals surface area contributed by atoms with E-state index in [2.05, 4.69) is 0 Å². The van der Waals surface area contributed by atoms with Gasteiger partial charge in [-0.15, -0.1) is 11.3 Å². The quantitative estimate of drug-likeness (QED) is 0.707. The van der Waals surface area contributed by atoms with Gasteiger partial charge in [-0.3, -0.25) is 0 Å². The molecule has 1 aromatic rings. The van der Waals surface area contributed by atoms with E-state index in [9.17, 15) is 4.79 Å². The molecule has 0 saturated carbocycles. The molecule has 0 saturated heterocycles. The number of halogens is 2. The summed E-state index contributed by atoms with van der Waals surface area (Å²) in [6, 6.07) is 1.52. The van der Waals surface area contributed by atoms with E-state index in [1.165, 1.54) is 6.07 Å². The van der Waals surface area contributed by atoms with E-state index < -0.39 is 11.6 Å². The number of carbonyl (C=O) groups is 1. The fraction of sp³-hybridized carbons (Fsp3) is 0.444. The fourth-order valence-electron chi connectivity index (χ4n) is 0.813. The van der Waals surface area contributed by atoms with Crippen molar-refractivity contribution >= 4 is 40.5 Å². The smallest absolute Gasteiger partial charge is 0.341 e. The number of carbonyl (C=O) groups excluding carboxylic acids is 1. The van der Waals surface area contributed by atoms with Crippen LogP contribution in [0.3, 0.4) is 0 Å². The molecule has 0 aromatic carbocycles. The lowest BCUT2D eigenvalue weighted by Crippen LogP contribution is -2.23. The summed E-state index contributed by atoms with van der Waals surface area (Å²) in [5.41, 5.74) is -0.189. The Morgan fingerprint density at radius 1 is 1.43 bits per heavy atom. The summed E-state index contributed by atoms with van der Waals surface area (Å²) < 4.78 is 5.99. The number of hydrogen-bond donors (Lipinski definition) is 0. The summed E-state index contributed by atoms with van der Waals surface area (Å²) in [5.74, 6) is -0.439. The minimum atomic E-state index is -0.519. The van der Waals surface area contributed by atoms with Crippen LogP contribution < -0.4 is 0 Å². The molecule has 0 aliphatic carbocycles. The average Bonchev–Trinajstić information content (AvgIpc) is 2.26. The molecule has 0 spiro atoms. The van der Waals surface area contributed by atoms with Crippen LogP contribution >= 0.6 is 34.5 Å². The molecule has 0 aliphatic heterocycles. The molecule has 0 amide bonds. The third-order valence-corrected chi connectivity index (χ3v) is 2.76. The van der Waals surface area contributed by atoms with Gasteiger partial charge in [-0.25, -0.2) is 4.79 Å². The zero-order valence-corrected chi connectivity index (χ0v) is 10.4. The minimum absolute atomic E-state index is 0.330. The maximum absolute atomic E-state index is 11.5. The highest BCUT2D eigenvalue weighted by Gasteiger charge is 2.21. The molecule has 0 bridgehead atoms. The molecule has 0 atom stereocenters. The van der Waals surface area contributed by atoms with Crippen molar-refractivity contribution in [3.8, 4) is 0 Å². The SMILES string of the molecule is CC(C)(C)OC(=O)c1cc(Cl)sc1Cl. The van der Waals surface area contributed by atoms with Gasteiger partial charge in [-0.1, -0.05) is 23.2 Å². The van der Waals surface area contributed by atoms with E-state index >= 15 is 0 Å². The lowest BCUT2D eigenvalue weighted by molar-refractivity contribution is 0.00704. The van der Waals surface area contributed by atoms with Crippen molar-refractivity contribution in [2.75, 3.05) is 0 Å². The first kappa shape index (κ1) is 11.8. The number of esters is 1. The number of thiophene rings is 1. The summed E-state index contributed by atoms with van der Waals surface area (Å²) in [4.78, 5) is 11.5. The summed E-state index contributed by atoms with van der Waals surface area (Å²) in [6.45, 7) is 5.40. The van der Waals surface area contributed by atoms with E-state index in [-0.39, 0.29) is 0 Å². The molecule has 1 aromatic heterocycles.